The quantitative estimate of drug-likeness (QED) is 0.543. The van der Waals surface area contributed by atoms with E-state index in [2.05, 4.69) is 24.3 Å². The Balaban J connectivity index is 1.11. The molecule has 1 aromatic rings. The minimum atomic E-state index is -0.319. The zero-order chi connectivity index (χ0) is 19.1. The van der Waals surface area contributed by atoms with Crippen LogP contribution < -0.4 is 0 Å². The van der Waals surface area contributed by atoms with Crippen LogP contribution in [0.15, 0.2) is 48.6 Å². The van der Waals surface area contributed by atoms with Crippen LogP contribution >= 0.6 is 0 Å². The number of hydrogen-bond acceptors (Lipinski definition) is 4. The van der Waals surface area contributed by atoms with Crippen molar-refractivity contribution < 1.29 is 19.1 Å². The van der Waals surface area contributed by atoms with Crippen LogP contribution in [0.3, 0.4) is 0 Å². The summed E-state index contributed by atoms with van der Waals surface area (Å²) < 4.78 is 11.0. The fourth-order valence-electron chi connectivity index (χ4n) is 5.45. The molecule has 1 aromatic carbocycles. The first-order valence-corrected chi connectivity index (χ1v) is 10.5. The minimum absolute atomic E-state index is 0.319. The maximum atomic E-state index is 12.3. The summed E-state index contributed by atoms with van der Waals surface area (Å²) >= 11 is 0. The summed E-state index contributed by atoms with van der Waals surface area (Å²) in [6.45, 7) is 0.957. The lowest BCUT2D eigenvalue weighted by Gasteiger charge is -2.18. The molecule has 0 saturated heterocycles. The topological polar surface area (TPSA) is 52.6 Å². The zero-order valence-corrected chi connectivity index (χ0v) is 16.0. The van der Waals surface area contributed by atoms with Gasteiger partial charge in [0.2, 0.25) is 0 Å². The molecule has 4 heteroatoms. The van der Waals surface area contributed by atoms with Crippen molar-refractivity contribution in [1.82, 2.24) is 0 Å². The van der Waals surface area contributed by atoms with Gasteiger partial charge in [0, 0.05) is 0 Å². The molecule has 0 aromatic heterocycles. The van der Waals surface area contributed by atoms with E-state index in [4.69, 9.17) is 9.47 Å². The Morgan fingerprint density at radius 3 is 1.43 bits per heavy atom. The average Bonchev–Trinajstić information content (AvgIpc) is 3.52. The highest BCUT2D eigenvalue weighted by molar-refractivity contribution is 5.93. The van der Waals surface area contributed by atoms with E-state index < -0.39 is 0 Å². The van der Waals surface area contributed by atoms with Crippen molar-refractivity contribution in [1.29, 1.82) is 0 Å². The van der Waals surface area contributed by atoms with Crippen molar-refractivity contribution >= 4 is 11.9 Å². The van der Waals surface area contributed by atoms with Crippen LogP contribution in [0.5, 0.6) is 0 Å². The van der Waals surface area contributed by atoms with Gasteiger partial charge in [0.15, 0.2) is 0 Å². The Hall–Kier alpha value is -2.36. The molecule has 4 nitrogen and oxygen atoms in total. The van der Waals surface area contributed by atoms with Crippen LogP contribution in [0.2, 0.25) is 0 Å². The number of carbonyl (C=O) groups is 2. The molecule has 0 heterocycles. The van der Waals surface area contributed by atoms with Gasteiger partial charge in [0.1, 0.15) is 0 Å². The number of rotatable bonds is 6. The summed E-state index contributed by atoms with van der Waals surface area (Å²) in [4.78, 5) is 24.6. The number of carbonyl (C=O) groups excluding carboxylic acids is 2. The third-order valence-electron chi connectivity index (χ3n) is 7.05. The monoisotopic (exact) mass is 378 g/mol. The average molecular weight is 378 g/mol. The van der Waals surface area contributed by atoms with Gasteiger partial charge in [-0.25, -0.2) is 9.59 Å². The Morgan fingerprint density at radius 1 is 0.679 bits per heavy atom. The fourth-order valence-corrected chi connectivity index (χ4v) is 5.45. The molecule has 6 unspecified atom stereocenters. The van der Waals surface area contributed by atoms with Crippen molar-refractivity contribution in [2.75, 3.05) is 13.2 Å². The number of ether oxygens (including phenoxy) is 2. The van der Waals surface area contributed by atoms with Gasteiger partial charge in [-0.3, -0.25) is 0 Å². The van der Waals surface area contributed by atoms with Crippen LogP contribution in [0.25, 0.3) is 0 Å². The van der Waals surface area contributed by atoms with Crippen molar-refractivity contribution in [2.24, 2.45) is 35.5 Å². The Morgan fingerprint density at radius 2 is 1.11 bits per heavy atom. The Labute approximate surface area is 165 Å². The summed E-state index contributed by atoms with van der Waals surface area (Å²) in [5, 5.41) is 0. The molecule has 146 valence electrons. The summed E-state index contributed by atoms with van der Waals surface area (Å²) in [5.74, 6) is 2.76. The van der Waals surface area contributed by atoms with Crippen molar-refractivity contribution in [2.45, 2.75) is 25.7 Å². The first-order valence-electron chi connectivity index (χ1n) is 10.5. The fraction of sp³-hybridized carbons (Fsp3) is 0.500. The molecule has 0 aliphatic heterocycles. The van der Waals surface area contributed by atoms with E-state index in [9.17, 15) is 9.59 Å². The standard InChI is InChI=1S/C24H26O4/c25-23(27-13-21-11-15-1-3-19(21)9-15)17-5-7-18(8-6-17)24(26)28-14-22-12-16-2-4-20(22)10-16/h1-8,15-16,19-22H,9-14H2. The number of esters is 2. The Kier molecular flexibility index (Phi) is 4.58. The summed E-state index contributed by atoms with van der Waals surface area (Å²) in [6.07, 6.45) is 13.8. The Bertz CT molecular complexity index is 753. The molecular weight excluding hydrogens is 352 g/mol. The predicted octanol–water partition coefficient (Wildman–Crippen LogP) is 4.42. The molecule has 0 radical (unpaired) electrons. The molecule has 2 fully saturated rings. The number of allylic oxidation sites excluding steroid dienone is 4. The number of fused-ring (bicyclic) bond motifs is 4. The molecule has 0 amide bonds. The van der Waals surface area contributed by atoms with E-state index in [-0.39, 0.29) is 11.9 Å². The lowest BCUT2D eigenvalue weighted by molar-refractivity contribution is 0.0407. The van der Waals surface area contributed by atoms with Crippen molar-refractivity contribution in [3.05, 3.63) is 59.7 Å². The molecule has 0 N–H and O–H groups in total. The summed E-state index contributed by atoms with van der Waals surface area (Å²) in [6, 6.07) is 6.61. The highest BCUT2D eigenvalue weighted by Crippen LogP contribution is 2.44. The van der Waals surface area contributed by atoms with Crippen molar-refractivity contribution in [3.8, 4) is 0 Å². The van der Waals surface area contributed by atoms with Crippen LogP contribution in [0.1, 0.15) is 46.4 Å². The van der Waals surface area contributed by atoms with E-state index in [1.807, 2.05) is 0 Å². The van der Waals surface area contributed by atoms with Gasteiger partial charge in [0.05, 0.1) is 24.3 Å². The SMILES string of the molecule is O=C(OCC1CC2C=CC1C2)c1ccc(C(=O)OCC2CC3C=CC2C3)cc1. The second-order valence-electron chi connectivity index (χ2n) is 8.85. The van der Waals surface area contributed by atoms with Crippen LogP contribution in [-0.2, 0) is 9.47 Å². The van der Waals surface area contributed by atoms with Gasteiger partial charge in [-0.2, -0.15) is 0 Å². The molecule has 28 heavy (non-hydrogen) atoms. The van der Waals surface area contributed by atoms with E-state index in [0.29, 0.717) is 59.8 Å². The lowest BCUT2D eigenvalue weighted by atomic mass is 9.94. The second kappa shape index (κ2) is 7.23. The molecule has 2 saturated carbocycles. The van der Waals surface area contributed by atoms with E-state index in [1.54, 1.807) is 24.3 Å². The largest absolute Gasteiger partial charge is 0.462 e. The van der Waals surface area contributed by atoms with Gasteiger partial charge in [-0.05, 0) is 85.5 Å². The molecular formula is C24H26O4. The molecule has 4 aliphatic carbocycles. The highest BCUT2D eigenvalue weighted by Gasteiger charge is 2.37. The van der Waals surface area contributed by atoms with E-state index >= 15 is 0 Å². The van der Waals surface area contributed by atoms with Gasteiger partial charge in [-0.15, -0.1) is 0 Å². The van der Waals surface area contributed by atoms with E-state index in [0.717, 1.165) is 12.8 Å². The maximum absolute atomic E-state index is 12.3. The molecule has 6 atom stereocenters. The third kappa shape index (κ3) is 3.41. The number of benzene rings is 1. The van der Waals surface area contributed by atoms with Crippen LogP contribution in [-0.4, -0.2) is 25.2 Å². The molecule has 5 rings (SSSR count). The first kappa shape index (κ1) is 17.7. The minimum Gasteiger partial charge on any atom is -0.462 e. The van der Waals surface area contributed by atoms with Gasteiger partial charge < -0.3 is 9.47 Å². The summed E-state index contributed by atoms with van der Waals surface area (Å²) in [7, 11) is 0. The van der Waals surface area contributed by atoms with Crippen LogP contribution in [0, 0.1) is 35.5 Å². The van der Waals surface area contributed by atoms with Crippen molar-refractivity contribution in [3.63, 3.8) is 0 Å². The third-order valence-corrected chi connectivity index (χ3v) is 7.05. The number of hydrogen-bond donors (Lipinski definition) is 0. The van der Waals surface area contributed by atoms with E-state index in [1.165, 1.54) is 12.8 Å². The molecule has 4 bridgehead atoms. The predicted molar refractivity (Wildman–Crippen MR) is 105 cm³/mol. The van der Waals surface area contributed by atoms with Gasteiger partial charge in [-0.1, -0.05) is 24.3 Å². The normalized spacial score (nSPS) is 34.1. The zero-order valence-electron chi connectivity index (χ0n) is 16.0. The molecule has 0 spiro atoms. The maximum Gasteiger partial charge on any atom is 0.338 e. The first-order chi connectivity index (χ1) is 13.7. The van der Waals surface area contributed by atoms with Gasteiger partial charge in [0.25, 0.3) is 0 Å². The van der Waals surface area contributed by atoms with Crippen LogP contribution in [0.4, 0.5) is 0 Å². The highest BCUT2D eigenvalue weighted by atomic mass is 16.5. The smallest absolute Gasteiger partial charge is 0.338 e. The molecule has 4 aliphatic rings. The summed E-state index contributed by atoms with van der Waals surface area (Å²) in [5.41, 5.74) is 0.960. The lowest BCUT2D eigenvalue weighted by Crippen LogP contribution is -2.18. The second-order valence-corrected chi connectivity index (χ2v) is 8.85. The van der Waals surface area contributed by atoms with Gasteiger partial charge >= 0.3 is 11.9 Å².